The molecule has 1 saturated carbocycles. The van der Waals surface area contributed by atoms with Crippen LogP contribution in [0, 0.1) is 5.92 Å². The van der Waals surface area contributed by atoms with Gasteiger partial charge in [0.05, 0.1) is 0 Å². The summed E-state index contributed by atoms with van der Waals surface area (Å²) >= 11 is 3.55. The Morgan fingerprint density at radius 1 is 1.43 bits per heavy atom. The van der Waals surface area contributed by atoms with Crippen LogP contribution >= 0.6 is 15.9 Å². The van der Waals surface area contributed by atoms with Gasteiger partial charge in [0.15, 0.2) is 0 Å². The van der Waals surface area contributed by atoms with E-state index in [1.54, 1.807) is 5.56 Å². The van der Waals surface area contributed by atoms with Crippen LogP contribution in [0.4, 0.5) is 0 Å². The molecule has 1 fully saturated rings. The zero-order chi connectivity index (χ0) is 9.76. The first-order chi connectivity index (χ1) is 6.76. The van der Waals surface area contributed by atoms with Crippen molar-refractivity contribution in [2.45, 2.75) is 24.7 Å². The molecule has 2 heteroatoms. The van der Waals surface area contributed by atoms with Gasteiger partial charge < -0.3 is 5.73 Å². The third-order valence-corrected chi connectivity index (χ3v) is 4.42. The summed E-state index contributed by atoms with van der Waals surface area (Å²) in [5.74, 6) is 0.701. The van der Waals surface area contributed by atoms with Gasteiger partial charge >= 0.3 is 0 Å². The molecule has 1 nitrogen and oxygen atoms in total. The average Bonchev–Trinajstić information content (AvgIpc) is 2.90. The first kappa shape index (κ1) is 8.93. The zero-order valence-electron chi connectivity index (χ0n) is 8.09. The van der Waals surface area contributed by atoms with Crippen LogP contribution in [0.2, 0.25) is 0 Å². The molecule has 0 bridgehead atoms. The standard InChI is InChI=1S/C12H14BrN/c13-10-2-1-8-5-9(7-14)12(3-4-12)11(8)6-10/h1-2,6,9H,3-5,7,14H2. The van der Waals surface area contributed by atoms with Crippen molar-refractivity contribution < 1.29 is 0 Å². The van der Waals surface area contributed by atoms with E-state index in [0.717, 1.165) is 6.54 Å². The molecular weight excluding hydrogens is 238 g/mol. The van der Waals surface area contributed by atoms with E-state index in [4.69, 9.17) is 5.73 Å². The zero-order valence-corrected chi connectivity index (χ0v) is 9.68. The first-order valence-electron chi connectivity index (χ1n) is 5.25. The largest absolute Gasteiger partial charge is 0.330 e. The summed E-state index contributed by atoms with van der Waals surface area (Å²) in [7, 11) is 0. The summed E-state index contributed by atoms with van der Waals surface area (Å²) in [4.78, 5) is 0. The topological polar surface area (TPSA) is 26.0 Å². The van der Waals surface area contributed by atoms with Crippen molar-refractivity contribution in [2.75, 3.05) is 6.54 Å². The van der Waals surface area contributed by atoms with Crippen LogP contribution in [-0.4, -0.2) is 6.54 Å². The Morgan fingerprint density at radius 2 is 2.21 bits per heavy atom. The maximum Gasteiger partial charge on any atom is 0.0178 e. The van der Waals surface area contributed by atoms with Crippen LogP contribution in [0.15, 0.2) is 22.7 Å². The molecule has 2 aliphatic carbocycles. The summed E-state index contributed by atoms with van der Waals surface area (Å²) in [5.41, 5.74) is 9.44. The van der Waals surface area contributed by atoms with Gasteiger partial charge in [-0.2, -0.15) is 0 Å². The molecule has 1 atom stereocenters. The van der Waals surface area contributed by atoms with E-state index >= 15 is 0 Å². The minimum Gasteiger partial charge on any atom is -0.330 e. The first-order valence-corrected chi connectivity index (χ1v) is 6.04. The van der Waals surface area contributed by atoms with Crippen molar-refractivity contribution >= 4 is 15.9 Å². The number of hydrogen-bond acceptors (Lipinski definition) is 1. The molecule has 2 aliphatic rings. The molecule has 0 amide bonds. The average molecular weight is 252 g/mol. The van der Waals surface area contributed by atoms with E-state index in [2.05, 4.69) is 34.1 Å². The highest BCUT2D eigenvalue weighted by Gasteiger charge is 2.54. The molecule has 2 N–H and O–H groups in total. The van der Waals surface area contributed by atoms with Crippen LogP contribution < -0.4 is 5.73 Å². The highest BCUT2D eigenvalue weighted by molar-refractivity contribution is 9.10. The highest BCUT2D eigenvalue weighted by atomic mass is 79.9. The Morgan fingerprint density at radius 3 is 2.86 bits per heavy atom. The number of halogens is 1. The van der Waals surface area contributed by atoms with Gasteiger partial charge in [0.2, 0.25) is 0 Å². The molecule has 14 heavy (non-hydrogen) atoms. The normalized spacial score (nSPS) is 26.6. The van der Waals surface area contributed by atoms with E-state index < -0.39 is 0 Å². The fourth-order valence-electron chi connectivity index (χ4n) is 2.99. The minimum absolute atomic E-state index is 0.480. The Bertz CT molecular complexity index is 382. The molecule has 1 aromatic rings. The van der Waals surface area contributed by atoms with E-state index in [9.17, 15) is 0 Å². The van der Waals surface area contributed by atoms with Crippen molar-refractivity contribution in [2.24, 2.45) is 11.7 Å². The Kier molecular flexibility index (Phi) is 1.80. The predicted octanol–water partition coefficient (Wildman–Crippen LogP) is 2.61. The van der Waals surface area contributed by atoms with Crippen LogP contribution in [0.5, 0.6) is 0 Å². The molecule has 0 aromatic heterocycles. The number of fused-ring (bicyclic) bond motifs is 2. The summed E-state index contributed by atoms with van der Waals surface area (Å²) in [6, 6.07) is 6.71. The molecule has 74 valence electrons. The molecule has 0 radical (unpaired) electrons. The lowest BCUT2D eigenvalue weighted by atomic mass is 9.89. The van der Waals surface area contributed by atoms with Gasteiger partial charge in [0.25, 0.3) is 0 Å². The van der Waals surface area contributed by atoms with Crippen molar-refractivity contribution in [3.63, 3.8) is 0 Å². The maximum atomic E-state index is 5.86. The van der Waals surface area contributed by atoms with Crippen LogP contribution in [0.1, 0.15) is 24.0 Å². The molecule has 1 unspecified atom stereocenters. The maximum absolute atomic E-state index is 5.86. The van der Waals surface area contributed by atoms with E-state index in [1.807, 2.05) is 0 Å². The molecule has 1 spiro atoms. The minimum atomic E-state index is 0.480. The predicted molar refractivity (Wildman–Crippen MR) is 61.3 cm³/mol. The molecule has 0 aliphatic heterocycles. The van der Waals surface area contributed by atoms with Gasteiger partial charge in [-0.25, -0.2) is 0 Å². The van der Waals surface area contributed by atoms with E-state index in [0.29, 0.717) is 11.3 Å². The molecular formula is C12H14BrN. The van der Waals surface area contributed by atoms with Crippen molar-refractivity contribution in [3.05, 3.63) is 33.8 Å². The lowest BCUT2D eigenvalue weighted by Crippen LogP contribution is -2.23. The third kappa shape index (κ3) is 1.04. The fraction of sp³-hybridized carbons (Fsp3) is 0.500. The van der Waals surface area contributed by atoms with E-state index in [1.165, 1.54) is 29.3 Å². The quantitative estimate of drug-likeness (QED) is 0.816. The van der Waals surface area contributed by atoms with Crippen LogP contribution in [0.25, 0.3) is 0 Å². The monoisotopic (exact) mass is 251 g/mol. The third-order valence-electron chi connectivity index (χ3n) is 3.93. The molecule has 1 aromatic carbocycles. The highest BCUT2D eigenvalue weighted by Crippen LogP contribution is 2.59. The fourth-order valence-corrected chi connectivity index (χ4v) is 3.35. The van der Waals surface area contributed by atoms with Crippen LogP contribution in [0.3, 0.4) is 0 Å². The second kappa shape index (κ2) is 2.83. The smallest absolute Gasteiger partial charge is 0.0178 e. The lowest BCUT2D eigenvalue weighted by Gasteiger charge is -2.16. The van der Waals surface area contributed by atoms with Gasteiger partial charge in [0.1, 0.15) is 0 Å². The molecule has 0 heterocycles. The Balaban J connectivity index is 2.11. The summed E-state index contributed by atoms with van der Waals surface area (Å²) in [6.45, 7) is 0.840. The van der Waals surface area contributed by atoms with Gasteiger partial charge in [-0.1, -0.05) is 22.0 Å². The van der Waals surface area contributed by atoms with Gasteiger partial charge in [-0.3, -0.25) is 0 Å². The Hall–Kier alpha value is -0.340. The number of benzene rings is 1. The second-order valence-corrected chi connectivity index (χ2v) is 5.51. The summed E-state index contributed by atoms with van der Waals surface area (Å²) in [6.07, 6.45) is 3.88. The van der Waals surface area contributed by atoms with E-state index in [-0.39, 0.29) is 0 Å². The van der Waals surface area contributed by atoms with Gasteiger partial charge in [0, 0.05) is 9.89 Å². The van der Waals surface area contributed by atoms with Gasteiger partial charge in [-0.15, -0.1) is 0 Å². The van der Waals surface area contributed by atoms with Crippen molar-refractivity contribution in [1.82, 2.24) is 0 Å². The number of hydrogen-bond donors (Lipinski definition) is 1. The summed E-state index contributed by atoms with van der Waals surface area (Å²) in [5, 5.41) is 0. The number of rotatable bonds is 1. The summed E-state index contributed by atoms with van der Waals surface area (Å²) < 4.78 is 1.21. The SMILES string of the molecule is NCC1Cc2ccc(Br)cc2C12CC2. The lowest BCUT2D eigenvalue weighted by molar-refractivity contribution is 0.450. The van der Waals surface area contributed by atoms with Crippen molar-refractivity contribution in [3.8, 4) is 0 Å². The van der Waals surface area contributed by atoms with Gasteiger partial charge in [-0.05, 0) is 55.0 Å². The van der Waals surface area contributed by atoms with Crippen LogP contribution in [-0.2, 0) is 11.8 Å². The van der Waals surface area contributed by atoms with Crippen molar-refractivity contribution in [1.29, 1.82) is 0 Å². The number of nitrogens with two attached hydrogens (primary N) is 1. The second-order valence-electron chi connectivity index (χ2n) is 4.59. The molecule has 0 saturated heterocycles. The molecule has 3 rings (SSSR count). The Labute approximate surface area is 92.8 Å².